The first kappa shape index (κ1) is 18.7. The van der Waals surface area contributed by atoms with E-state index in [1.54, 1.807) is 12.1 Å². The van der Waals surface area contributed by atoms with Crippen LogP contribution in [0.4, 0.5) is 13.2 Å². The van der Waals surface area contributed by atoms with Crippen molar-refractivity contribution in [2.45, 2.75) is 37.6 Å². The third-order valence-corrected chi connectivity index (χ3v) is 5.46. The van der Waals surface area contributed by atoms with Crippen LogP contribution in [0, 0.1) is 5.92 Å². The van der Waals surface area contributed by atoms with E-state index in [-0.39, 0.29) is 22.7 Å². The average Bonchev–Trinajstić information content (AvgIpc) is 3.02. The molecule has 28 heavy (non-hydrogen) atoms. The zero-order chi connectivity index (χ0) is 19.9. The number of nitrogens with zero attached hydrogens (tertiary/aromatic N) is 2. The topological polar surface area (TPSA) is 52.9 Å². The second-order valence-electron chi connectivity index (χ2n) is 7.17. The maximum Gasteiger partial charge on any atom is 0.439 e. The molecule has 1 N–H and O–H groups in total. The van der Waals surface area contributed by atoms with Crippen LogP contribution in [0.25, 0.3) is 11.1 Å². The smallest absolute Gasteiger partial charge is 0.362 e. The molecule has 1 amide bonds. The largest absolute Gasteiger partial charge is 0.439 e. The Morgan fingerprint density at radius 2 is 1.68 bits per heavy atom. The Morgan fingerprint density at radius 3 is 2.32 bits per heavy atom. The summed E-state index contributed by atoms with van der Waals surface area (Å²) in [6.07, 6.45) is -3.21. The van der Waals surface area contributed by atoms with Crippen LogP contribution in [0.2, 0.25) is 0 Å². The molecule has 0 saturated heterocycles. The van der Waals surface area contributed by atoms with Crippen molar-refractivity contribution in [2.24, 2.45) is 11.0 Å². The van der Waals surface area contributed by atoms with Crippen molar-refractivity contribution in [1.82, 2.24) is 5.01 Å². The number of hydrogen-bond donors (Lipinski definition) is 1. The standard InChI is InChI=1S/C21H19F3N2O2/c22-21(23,24)20(28)17-8-4-5-9-18(17)25-26(20)19(27)16-12-10-15(11-13-16)14-6-2-1-3-7-14/h1-3,6-7,10-13,17,28H,4-5,8-9H2/t17-,20-/m1/s1. The van der Waals surface area contributed by atoms with E-state index in [1.165, 1.54) is 12.1 Å². The number of alkyl halides is 3. The van der Waals surface area contributed by atoms with Gasteiger partial charge in [-0.1, -0.05) is 48.9 Å². The lowest BCUT2D eigenvalue weighted by Crippen LogP contribution is -2.61. The van der Waals surface area contributed by atoms with Crippen LogP contribution in [0.3, 0.4) is 0 Å². The summed E-state index contributed by atoms with van der Waals surface area (Å²) in [4.78, 5) is 12.9. The van der Waals surface area contributed by atoms with Crippen molar-refractivity contribution >= 4 is 11.6 Å². The van der Waals surface area contributed by atoms with E-state index in [2.05, 4.69) is 5.10 Å². The van der Waals surface area contributed by atoms with Crippen molar-refractivity contribution in [3.05, 3.63) is 60.2 Å². The molecule has 2 aliphatic rings. The van der Waals surface area contributed by atoms with E-state index in [0.29, 0.717) is 19.3 Å². The van der Waals surface area contributed by atoms with Gasteiger partial charge in [-0.2, -0.15) is 23.3 Å². The van der Waals surface area contributed by atoms with Gasteiger partial charge in [0, 0.05) is 11.3 Å². The van der Waals surface area contributed by atoms with Gasteiger partial charge in [0.25, 0.3) is 11.6 Å². The molecule has 0 unspecified atom stereocenters. The van der Waals surface area contributed by atoms with E-state index in [1.807, 2.05) is 30.3 Å². The first-order valence-electron chi connectivity index (χ1n) is 9.19. The monoisotopic (exact) mass is 388 g/mol. The van der Waals surface area contributed by atoms with Crippen molar-refractivity contribution in [1.29, 1.82) is 0 Å². The van der Waals surface area contributed by atoms with Crippen molar-refractivity contribution in [3.63, 3.8) is 0 Å². The van der Waals surface area contributed by atoms with Crippen LogP contribution in [-0.4, -0.2) is 33.6 Å². The molecule has 2 aromatic carbocycles. The predicted octanol–water partition coefficient (Wildman–Crippen LogP) is 4.61. The maximum atomic E-state index is 13.8. The SMILES string of the molecule is O=C(c1ccc(-c2ccccc2)cc1)N1N=C2CCCC[C@H]2[C@@]1(O)C(F)(F)F. The van der Waals surface area contributed by atoms with Gasteiger partial charge in [-0.25, -0.2) is 0 Å². The number of halogens is 3. The lowest BCUT2D eigenvalue weighted by Gasteiger charge is -2.38. The highest BCUT2D eigenvalue weighted by atomic mass is 19.4. The second kappa shape index (κ2) is 6.74. The van der Waals surface area contributed by atoms with E-state index in [0.717, 1.165) is 11.1 Å². The normalized spacial score (nSPS) is 24.6. The van der Waals surface area contributed by atoms with Crippen molar-refractivity contribution in [2.75, 3.05) is 0 Å². The molecule has 2 atom stereocenters. The molecule has 0 bridgehead atoms. The van der Waals surface area contributed by atoms with Crippen molar-refractivity contribution in [3.8, 4) is 11.1 Å². The van der Waals surface area contributed by atoms with Gasteiger partial charge in [-0.3, -0.25) is 4.79 Å². The summed E-state index contributed by atoms with van der Waals surface area (Å²) in [7, 11) is 0. The minimum atomic E-state index is -5.00. The van der Waals surface area contributed by atoms with Crippen LogP contribution in [0.5, 0.6) is 0 Å². The van der Waals surface area contributed by atoms with Crippen LogP contribution >= 0.6 is 0 Å². The van der Waals surface area contributed by atoms with Gasteiger partial charge in [0.15, 0.2) is 0 Å². The lowest BCUT2D eigenvalue weighted by molar-refractivity contribution is -0.312. The van der Waals surface area contributed by atoms with E-state index in [4.69, 9.17) is 0 Å². The molecule has 4 rings (SSSR count). The quantitative estimate of drug-likeness (QED) is 0.817. The Kier molecular flexibility index (Phi) is 4.50. The van der Waals surface area contributed by atoms with Gasteiger partial charge in [0.2, 0.25) is 0 Å². The number of hydrazone groups is 1. The van der Waals surface area contributed by atoms with Crippen molar-refractivity contribution < 1.29 is 23.1 Å². The molecule has 2 aromatic rings. The van der Waals surface area contributed by atoms with E-state index >= 15 is 0 Å². The number of rotatable bonds is 2. The van der Waals surface area contributed by atoms with Gasteiger partial charge < -0.3 is 5.11 Å². The van der Waals surface area contributed by atoms with Gasteiger partial charge in [-0.05, 0) is 42.5 Å². The fourth-order valence-electron chi connectivity index (χ4n) is 3.98. The molecule has 1 aliphatic carbocycles. The molecule has 7 heteroatoms. The third kappa shape index (κ3) is 2.90. The fourth-order valence-corrected chi connectivity index (χ4v) is 3.98. The summed E-state index contributed by atoms with van der Waals surface area (Å²) in [6.45, 7) is 0. The molecule has 0 spiro atoms. The highest BCUT2D eigenvalue weighted by Crippen LogP contribution is 2.48. The number of carbonyl (C=O) groups excluding carboxylic acids is 1. The lowest BCUT2D eigenvalue weighted by atomic mass is 9.80. The highest BCUT2D eigenvalue weighted by molar-refractivity contribution is 5.99. The third-order valence-electron chi connectivity index (χ3n) is 5.46. The Labute approximate surface area is 160 Å². The Bertz CT molecular complexity index is 909. The number of hydrogen-bond acceptors (Lipinski definition) is 3. The van der Waals surface area contributed by atoms with Crippen LogP contribution in [-0.2, 0) is 0 Å². The Hall–Kier alpha value is -2.67. The number of benzene rings is 2. The highest BCUT2D eigenvalue weighted by Gasteiger charge is 2.68. The summed E-state index contributed by atoms with van der Waals surface area (Å²) in [5.41, 5.74) is -1.23. The minimum Gasteiger partial charge on any atom is -0.362 e. The molecule has 4 nitrogen and oxygen atoms in total. The summed E-state index contributed by atoms with van der Waals surface area (Å²) >= 11 is 0. The molecule has 0 aromatic heterocycles. The first-order chi connectivity index (χ1) is 13.3. The molecule has 1 aliphatic heterocycles. The maximum absolute atomic E-state index is 13.8. The molecule has 0 radical (unpaired) electrons. The zero-order valence-corrected chi connectivity index (χ0v) is 15.0. The van der Waals surface area contributed by atoms with Gasteiger partial charge >= 0.3 is 6.18 Å². The zero-order valence-electron chi connectivity index (χ0n) is 15.0. The van der Waals surface area contributed by atoms with Crippen LogP contribution < -0.4 is 0 Å². The summed E-state index contributed by atoms with van der Waals surface area (Å²) in [6, 6.07) is 15.7. The van der Waals surface area contributed by atoms with Gasteiger partial charge in [0.1, 0.15) is 0 Å². The van der Waals surface area contributed by atoms with E-state index in [9.17, 15) is 23.1 Å². The minimum absolute atomic E-state index is 0.0466. The van der Waals surface area contributed by atoms with Gasteiger partial charge in [0.05, 0.1) is 5.92 Å². The fraction of sp³-hybridized carbons (Fsp3) is 0.333. The second-order valence-corrected chi connectivity index (χ2v) is 7.17. The predicted molar refractivity (Wildman–Crippen MR) is 98.4 cm³/mol. The van der Waals surface area contributed by atoms with Gasteiger partial charge in [-0.15, -0.1) is 0 Å². The van der Waals surface area contributed by atoms with E-state index < -0.39 is 23.7 Å². The molecular weight excluding hydrogens is 369 g/mol. The number of amides is 1. The Morgan fingerprint density at radius 1 is 1.04 bits per heavy atom. The molecule has 1 saturated carbocycles. The number of fused-ring (bicyclic) bond motifs is 1. The first-order valence-corrected chi connectivity index (χ1v) is 9.19. The molecule has 1 heterocycles. The summed E-state index contributed by atoms with van der Waals surface area (Å²) in [5.74, 6) is -2.16. The molecular formula is C21H19F3N2O2. The average molecular weight is 388 g/mol. The molecule has 146 valence electrons. The number of carbonyl (C=O) groups is 1. The van der Waals surface area contributed by atoms with Crippen LogP contribution in [0.15, 0.2) is 59.7 Å². The number of aliphatic hydroxyl groups is 1. The molecule has 1 fully saturated rings. The van der Waals surface area contributed by atoms with Crippen LogP contribution in [0.1, 0.15) is 36.0 Å². The Balaban J connectivity index is 1.67. The summed E-state index contributed by atoms with van der Waals surface area (Å²) < 4.78 is 41.4. The summed E-state index contributed by atoms with van der Waals surface area (Å²) in [5, 5.41) is 14.8.